The van der Waals surface area contributed by atoms with Crippen LogP contribution in [0.3, 0.4) is 0 Å². The molecule has 0 radical (unpaired) electrons. The van der Waals surface area contributed by atoms with Gasteiger partial charge in [-0.05, 0) is 12.1 Å². The zero-order valence-corrected chi connectivity index (χ0v) is 12.0. The summed E-state index contributed by atoms with van der Waals surface area (Å²) in [6.45, 7) is 3.13. The zero-order chi connectivity index (χ0) is 12.1. The number of nitrogens with one attached hydrogen (secondary N) is 1. The Hall–Kier alpha value is -1.08. The molecule has 1 amide bonds. The molecule has 0 unspecified atom stereocenters. The summed E-state index contributed by atoms with van der Waals surface area (Å²) in [6.07, 6.45) is 1.64. The normalized spacial score (nSPS) is 14.1. The van der Waals surface area contributed by atoms with E-state index in [0.717, 1.165) is 32.1 Å². The van der Waals surface area contributed by atoms with E-state index in [1.165, 1.54) is 0 Å². The van der Waals surface area contributed by atoms with Crippen molar-refractivity contribution in [3.63, 3.8) is 0 Å². The first-order valence-electron chi connectivity index (χ1n) is 5.58. The number of halogens is 2. The molecule has 8 heteroatoms. The van der Waals surface area contributed by atoms with Gasteiger partial charge in [-0.2, -0.15) is 0 Å². The van der Waals surface area contributed by atoms with E-state index in [1.54, 1.807) is 6.20 Å². The fraction of sp³-hybridized carbons (Fsp3) is 0.455. The van der Waals surface area contributed by atoms with Crippen molar-refractivity contribution in [3.05, 3.63) is 18.3 Å². The summed E-state index contributed by atoms with van der Waals surface area (Å²) in [4.78, 5) is 17.5. The minimum atomic E-state index is -0.217. The summed E-state index contributed by atoms with van der Waals surface area (Å²) < 4.78 is 5.27. The second-order valence-electron chi connectivity index (χ2n) is 3.76. The van der Waals surface area contributed by atoms with Gasteiger partial charge in [0.2, 0.25) is 5.91 Å². The molecule has 1 aromatic heterocycles. The summed E-state index contributed by atoms with van der Waals surface area (Å²) in [7, 11) is 0. The number of hydrogen-bond acceptors (Lipinski definition) is 5. The first-order chi connectivity index (χ1) is 8.29. The van der Waals surface area contributed by atoms with E-state index < -0.39 is 0 Å². The van der Waals surface area contributed by atoms with E-state index in [0.29, 0.717) is 5.69 Å². The van der Waals surface area contributed by atoms with Crippen LogP contribution in [0.2, 0.25) is 0 Å². The standard InChI is InChI=1S/C11H16N4O2.2ClH/c12-7-11(16)14-9-1-2-10(13-8-9)15-3-5-17-6-4-15;;/h1-2,8H,3-7,12H2,(H,14,16);2*1H. The van der Waals surface area contributed by atoms with Crippen LogP contribution in [0.4, 0.5) is 11.5 Å². The quantitative estimate of drug-likeness (QED) is 0.857. The molecule has 6 nitrogen and oxygen atoms in total. The minimum Gasteiger partial charge on any atom is -0.378 e. The first-order valence-corrected chi connectivity index (χ1v) is 5.58. The van der Waals surface area contributed by atoms with E-state index in [2.05, 4.69) is 15.2 Å². The van der Waals surface area contributed by atoms with Crippen molar-refractivity contribution in [1.82, 2.24) is 4.98 Å². The number of nitrogens with zero attached hydrogens (tertiary/aromatic N) is 2. The Morgan fingerprint density at radius 3 is 2.58 bits per heavy atom. The third kappa shape index (κ3) is 5.20. The van der Waals surface area contributed by atoms with Gasteiger partial charge in [0.05, 0.1) is 31.6 Å². The molecule has 2 rings (SSSR count). The van der Waals surface area contributed by atoms with Gasteiger partial charge in [0.1, 0.15) is 5.82 Å². The Labute approximate surface area is 124 Å². The Morgan fingerprint density at radius 1 is 1.37 bits per heavy atom. The molecule has 0 aliphatic carbocycles. The van der Waals surface area contributed by atoms with E-state index >= 15 is 0 Å². The summed E-state index contributed by atoms with van der Waals surface area (Å²) in [5.74, 6) is 0.685. The number of anilines is 2. The number of pyridine rings is 1. The van der Waals surface area contributed by atoms with Crippen LogP contribution in [0.25, 0.3) is 0 Å². The van der Waals surface area contributed by atoms with Crippen LogP contribution in [-0.4, -0.2) is 43.7 Å². The Morgan fingerprint density at radius 2 is 2.05 bits per heavy atom. The largest absolute Gasteiger partial charge is 0.378 e. The molecule has 1 aromatic rings. The van der Waals surface area contributed by atoms with Gasteiger partial charge in [0, 0.05) is 13.1 Å². The average Bonchev–Trinajstić information content (AvgIpc) is 2.40. The Kier molecular flexibility index (Phi) is 8.42. The smallest absolute Gasteiger partial charge is 0.238 e. The van der Waals surface area contributed by atoms with E-state index in [1.807, 2.05) is 12.1 Å². The number of morpholine rings is 1. The molecule has 1 aliphatic heterocycles. The van der Waals surface area contributed by atoms with Crippen molar-refractivity contribution in [2.75, 3.05) is 43.1 Å². The molecule has 0 aromatic carbocycles. The van der Waals surface area contributed by atoms with Crippen LogP contribution < -0.4 is 16.0 Å². The number of carbonyl (C=O) groups is 1. The number of aromatic nitrogens is 1. The van der Waals surface area contributed by atoms with Crippen molar-refractivity contribution < 1.29 is 9.53 Å². The van der Waals surface area contributed by atoms with Gasteiger partial charge in [0.15, 0.2) is 0 Å². The van der Waals surface area contributed by atoms with Crippen molar-refractivity contribution >= 4 is 42.2 Å². The Balaban J connectivity index is 0.00000162. The van der Waals surface area contributed by atoms with Crippen molar-refractivity contribution in [3.8, 4) is 0 Å². The van der Waals surface area contributed by atoms with Gasteiger partial charge in [-0.3, -0.25) is 4.79 Å². The van der Waals surface area contributed by atoms with Gasteiger partial charge < -0.3 is 20.7 Å². The lowest BCUT2D eigenvalue weighted by Gasteiger charge is -2.27. The third-order valence-corrected chi connectivity index (χ3v) is 2.55. The molecule has 0 bridgehead atoms. The maximum absolute atomic E-state index is 11.1. The molecule has 108 valence electrons. The van der Waals surface area contributed by atoms with Crippen molar-refractivity contribution in [2.45, 2.75) is 0 Å². The van der Waals surface area contributed by atoms with Crippen LogP contribution in [-0.2, 0) is 9.53 Å². The van der Waals surface area contributed by atoms with Crippen LogP contribution in [0.1, 0.15) is 0 Å². The maximum Gasteiger partial charge on any atom is 0.238 e. The number of rotatable bonds is 3. The number of nitrogens with two attached hydrogens (primary N) is 1. The van der Waals surface area contributed by atoms with Crippen LogP contribution >= 0.6 is 24.8 Å². The molecule has 3 N–H and O–H groups in total. The molecule has 1 saturated heterocycles. The fourth-order valence-electron chi connectivity index (χ4n) is 1.65. The van der Waals surface area contributed by atoms with E-state index in [9.17, 15) is 4.79 Å². The lowest BCUT2D eigenvalue weighted by molar-refractivity contribution is -0.114. The van der Waals surface area contributed by atoms with Crippen LogP contribution in [0, 0.1) is 0 Å². The fourth-order valence-corrected chi connectivity index (χ4v) is 1.65. The lowest BCUT2D eigenvalue weighted by atomic mass is 10.3. The summed E-state index contributed by atoms with van der Waals surface area (Å²) in [5.41, 5.74) is 5.88. The number of amides is 1. The second-order valence-corrected chi connectivity index (χ2v) is 3.76. The molecule has 19 heavy (non-hydrogen) atoms. The molecule has 1 aliphatic rings. The van der Waals surface area contributed by atoms with Gasteiger partial charge in [-0.1, -0.05) is 0 Å². The van der Waals surface area contributed by atoms with E-state index in [4.69, 9.17) is 10.5 Å². The first kappa shape index (κ1) is 17.9. The van der Waals surface area contributed by atoms with E-state index in [-0.39, 0.29) is 37.3 Å². The molecule has 1 fully saturated rings. The van der Waals surface area contributed by atoms with Crippen molar-refractivity contribution in [2.24, 2.45) is 5.73 Å². The highest BCUT2D eigenvalue weighted by atomic mass is 35.5. The van der Waals surface area contributed by atoms with Gasteiger partial charge in [-0.25, -0.2) is 4.98 Å². The highest BCUT2D eigenvalue weighted by Crippen LogP contribution is 2.15. The Bertz CT molecular complexity index is 383. The maximum atomic E-state index is 11.1. The SMILES string of the molecule is Cl.Cl.NCC(=O)Nc1ccc(N2CCOCC2)nc1. The monoisotopic (exact) mass is 308 g/mol. The molecule has 0 spiro atoms. The van der Waals surface area contributed by atoms with Gasteiger partial charge in [-0.15, -0.1) is 24.8 Å². The minimum absolute atomic E-state index is 0. The van der Waals surface area contributed by atoms with Crippen LogP contribution in [0.5, 0.6) is 0 Å². The zero-order valence-electron chi connectivity index (χ0n) is 10.4. The predicted molar refractivity (Wildman–Crippen MR) is 79.4 cm³/mol. The second kappa shape index (κ2) is 8.92. The highest BCUT2D eigenvalue weighted by molar-refractivity contribution is 5.91. The molecule has 0 atom stereocenters. The highest BCUT2D eigenvalue weighted by Gasteiger charge is 2.12. The molecule has 2 heterocycles. The lowest BCUT2D eigenvalue weighted by Crippen LogP contribution is -2.36. The van der Waals surface area contributed by atoms with Crippen LogP contribution in [0.15, 0.2) is 18.3 Å². The summed E-state index contributed by atoms with van der Waals surface area (Å²) in [6, 6.07) is 3.71. The van der Waals surface area contributed by atoms with Gasteiger partial charge >= 0.3 is 0 Å². The average molecular weight is 309 g/mol. The number of hydrogen-bond donors (Lipinski definition) is 2. The molecular formula is C11H18Cl2N4O2. The molecule has 0 saturated carbocycles. The number of carbonyl (C=O) groups excluding carboxylic acids is 1. The van der Waals surface area contributed by atoms with Crippen molar-refractivity contribution in [1.29, 1.82) is 0 Å². The number of ether oxygens (including phenoxy) is 1. The van der Waals surface area contributed by atoms with Gasteiger partial charge in [0.25, 0.3) is 0 Å². The third-order valence-electron chi connectivity index (χ3n) is 2.55. The predicted octanol–water partition coefficient (Wildman–Crippen LogP) is 0.659. The molecular weight excluding hydrogens is 291 g/mol. The summed E-state index contributed by atoms with van der Waals surface area (Å²) in [5, 5.41) is 2.65. The topological polar surface area (TPSA) is 80.5 Å². The summed E-state index contributed by atoms with van der Waals surface area (Å²) >= 11 is 0.